The lowest BCUT2D eigenvalue weighted by Gasteiger charge is -2.23. The van der Waals surface area contributed by atoms with E-state index >= 15 is 0 Å². The average molecular weight is 258 g/mol. The lowest BCUT2D eigenvalue weighted by atomic mass is 10.1. The van der Waals surface area contributed by atoms with E-state index in [4.69, 9.17) is 9.47 Å². The number of hydrogen-bond donors (Lipinski definition) is 2. The lowest BCUT2D eigenvalue weighted by molar-refractivity contribution is -0.148. The molecule has 1 rings (SSSR count). The van der Waals surface area contributed by atoms with Crippen molar-refractivity contribution in [2.24, 2.45) is 0 Å². The quantitative estimate of drug-likeness (QED) is 0.732. The Kier molecular flexibility index (Phi) is 5.40. The standard InChI is InChI=1S/C12H22N2O4/c1-12(2,3)18-11(16)14-8-10(15)17-9-5-4-6-13-7-9/h9,13H,4-8H2,1-3H3,(H,14,16). The van der Waals surface area contributed by atoms with Crippen LogP contribution in [0.3, 0.4) is 0 Å². The first-order valence-electron chi connectivity index (χ1n) is 6.24. The highest BCUT2D eigenvalue weighted by atomic mass is 16.6. The van der Waals surface area contributed by atoms with E-state index in [2.05, 4.69) is 10.6 Å². The van der Waals surface area contributed by atoms with Gasteiger partial charge in [-0.05, 0) is 40.2 Å². The van der Waals surface area contributed by atoms with Gasteiger partial charge in [-0.1, -0.05) is 0 Å². The lowest BCUT2D eigenvalue weighted by Crippen LogP contribution is -2.40. The number of esters is 1. The van der Waals surface area contributed by atoms with Crippen molar-refractivity contribution < 1.29 is 19.1 Å². The number of hydrogen-bond acceptors (Lipinski definition) is 5. The zero-order chi connectivity index (χ0) is 13.6. The third kappa shape index (κ3) is 6.44. The topological polar surface area (TPSA) is 76.7 Å². The molecule has 0 spiro atoms. The van der Waals surface area contributed by atoms with Gasteiger partial charge in [0.15, 0.2) is 0 Å². The molecule has 6 nitrogen and oxygen atoms in total. The van der Waals surface area contributed by atoms with Gasteiger partial charge in [0, 0.05) is 6.54 Å². The Morgan fingerprint density at radius 1 is 1.39 bits per heavy atom. The van der Waals surface area contributed by atoms with Crippen LogP contribution in [0.25, 0.3) is 0 Å². The third-order valence-electron chi connectivity index (χ3n) is 2.33. The van der Waals surface area contributed by atoms with Crippen LogP contribution in [0.2, 0.25) is 0 Å². The largest absolute Gasteiger partial charge is 0.460 e. The summed E-state index contributed by atoms with van der Waals surface area (Å²) in [4.78, 5) is 22.8. The summed E-state index contributed by atoms with van der Waals surface area (Å²) in [5.74, 6) is -0.436. The molecule has 104 valence electrons. The second kappa shape index (κ2) is 6.58. The molecule has 2 N–H and O–H groups in total. The van der Waals surface area contributed by atoms with Crippen molar-refractivity contribution in [3.8, 4) is 0 Å². The first-order chi connectivity index (χ1) is 8.37. The molecule has 1 atom stereocenters. The molecule has 1 heterocycles. The summed E-state index contributed by atoms with van der Waals surface area (Å²) >= 11 is 0. The van der Waals surface area contributed by atoms with Crippen molar-refractivity contribution in [3.63, 3.8) is 0 Å². The van der Waals surface area contributed by atoms with E-state index in [0.29, 0.717) is 6.54 Å². The van der Waals surface area contributed by atoms with Crippen LogP contribution in [0.5, 0.6) is 0 Å². The highest BCUT2D eigenvalue weighted by molar-refractivity contribution is 5.78. The van der Waals surface area contributed by atoms with Crippen LogP contribution >= 0.6 is 0 Å². The molecular weight excluding hydrogens is 236 g/mol. The van der Waals surface area contributed by atoms with Crippen LogP contribution in [0.4, 0.5) is 4.79 Å². The summed E-state index contributed by atoms with van der Waals surface area (Å²) in [7, 11) is 0. The van der Waals surface area contributed by atoms with Gasteiger partial charge in [-0.3, -0.25) is 4.79 Å². The molecule has 0 aromatic rings. The molecular formula is C12H22N2O4. The minimum atomic E-state index is -0.610. The van der Waals surface area contributed by atoms with Crippen LogP contribution in [-0.4, -0.2) is 43.4 Å². The van der Waals surface area contributed by atoms with E-state index in [-0.39, 0.29) is 12.6 Å². The predicted molar refractivity (Wildman–Crippen MR) is 66.2 cm³/mol. The zero-order valence-electron chi connectivity index (χ0n) is 11.2. The van der Waals surface area contributed by atoms with E-state index < -0.39 is 17.7 Å². The SMILES string of the molecule is CC(C)(C)OC(=O)NCC(=O)OC1CCCNC1. The summed E-state index contributed by atoms with van der Waals surface area (Å²) < 4.78 is 10.2. The Morgan fingerprint density at radius 2 is 2.11 bits per heavy atom. The Labute approximate surface area is 107 Å². The van der Waals surface area contributed by atoms with E-state index in [0.717, 1.165) is 19.4 Å². The number of carbonyl (C=O) groups is 2. The molecule has 1 amide bonds. The van der Waals surface area contributed by atoms with Crippen molar-refractivity contribution in [2.75, 3.05) is 19.6 Å². The van der Waals surface area contributed by atoms with Crippen molar-refractivity contribution >= 4 is 12.1 Å². The smallest absolute Gasteiger partial charge is 0.408 e. The first kappa shape index (κ1) is 14.8. The fraction of sp³-hybridized carbons (Fsp3) is 0.833. The number of rotatable bonds is 3. The van der Waals surface area contributed by atoms with Crippen molar-refractivity contribution in [3.05, 3.63) is 0 Å². The molecule has 0 bridgehead atoms. The molecule has 1 aliphatic rings. The molecule has 0 aromatic heterocycles. The number of nitrogens with one attached hydrogen (secondary N) is 2. The molecule has 18 heavy (non-hydrogen) atoms. The van der Waals surface area contributed by atoms with E-state index in [1.807, 2.05) is 0 Å². The van der Waals surface area contributed by atoms with Crippen molar-refractivity contribution in [2.45, 2.75) is 45.3 Å². The Hall–Kier alpha value is -1.30. The van der Waals surface area contributed by atoms with Crippen LogP contribution in [-0.2, 0) is 14.3 Å². The van der Waals surface area contributed by atoms with Gasteiger partial charge in [-0.15, -0.1) is 0 Å². The molecule has 0 aliphatic carbocycles. The molecule has 6 heteroatoms. The second-order valence-electron chi connectivity index (χ2n) is 5.31. The minimum Gasteiger partial charge on any atom is -0.460 e. The van der Waals surface area contributed by atoms with Gasteiger partial charge in [0.1, 0.15) is 18.2 Å². The maximum absolute atomic E-state index is 11.5. The summed E-state index contributed by atoms with van der Waals surface area (Å²) in [6, 6.07) is 0. The number of carbonyl (C=O) groups excluding carboxylic acids is 2. The van der Waals surface area contributed by atoms with Gasteiger partial charge in [-0.25, -0.2) is 4.79 Å². The number of piperidine rings is 1. The maximum atomic E-state index is 11.5. The number of amides is 1. The van der Waals surface area contributed by atoms with E-state index in [9.17, 15) is 9.59 Å². The first-order valence-corrected chi connectivity index (χ1v) is 6.24. The monoisotopic (exact) mass is 258 g/mol. The summed E-state index contributed by atoms with van der Waals surface area (Å²) in [5, 5.41) is 5.52. The van der Waals surface area contributed by atoms with E-state index in [1.165, 1.54) is 0 Å². The van der Waals surface area contributed by atoms with Crippen molar-refractivity contribution in [1.82, 2.24) is 10.6 Å². The zero-order valence-corrected chi connectivity index (χ0v) is 11.2. The van der Waals surface area contributed by atoms with Crippen LogP contribution < -0.4 is 10.6 Å². The van der Waals surface area contributed by atoms with Gasteiger partial charge in [-0.2, -0.15) is 0 Å². The fourth-order valence-corrected chi connectivity index (χ4v) is 1.61. The molecule has 0 radical (unpaired) electrons. The second-order valence-corrected chi connectivity index (χ2v) is 5.31. The highest BCUT2D eigenvalue weighted by Gasteiger charge is 2.19. The molecule has 1 saturated heterocycles. The number of alkyl carbamates (subject to hydrolysis) is 1. The minimum absolute atomic E-state index is 0.0910. The van der Waals surface area contributed by atoms with Crippen molar-refractivity contribution in [1.29, 1.82) is 0 Å². The average Bonchev–Trinajstić information content (AvgIpc) is 2.25. The summed E-state index contributed by atoms with van der Waals surface area (Å²) in [6.07, 6.45) is 1.16. The summed E-state index contributed by atoms with van der Waals surface area (Å²) in [5.41, 5.74) is -0.568. The van der Waals surface area contributed by atoms with Gasteiger partial charge in [0.25, 0.3) is 0 Å². The Bertz CT molecular complexity index is 293. The molecule has 1 unspecified atom stereocenters. The van der Waals surface area contributed by atoms with Crippen LogP contribution in [0, 0.1) is 0 Å². The molecule has 1 fully saturated rings. The van der Waals surface area contributed by atoms with Gasteiger partial charge < -0.3 is 20.1 Å². The molecule has 1 aliphatic heterocycles. The van der Waals surface area contributed by atoms with Gasteiger partial charge >= 0.3 is 12.1 Å². The fourth-order valence-electron chi connectivity index (χ4n) is 1.61. The normalized spacial score (nSPS) is 20.1. The van der Waals surface area contributed by atoms with Crippen LogP contribution in [0.1, 0.15) is 33.6 Å². The summed E-state index contributed by atoms with van der Waals surface area (Å²) in [6.45, 7) is 6.77. The van der Waals surface area contributed by atoms with Gasteiger partial charge in [0.2, 0.25) is 0 Å². The molecule has 0 aromatic carbocycles. The molecule has 0 saturated carbocycles. The number of ether oxygens (including phenoxy) is 2. The third-order valence-corrected chi connectivity index (χ3v) is 2.33. The van der Waals surface area contributed by atoms with Gasteiger partial charge in [0.05, 0.1) is 0 Å². The predicted octanol–water partition coefficient (Wildman–Crippen LogP) is 0.806. The Balaban J connectivity index is 2.18. The Morgan fingerprint density at radius 3 is 2.67 bits per heavy atom. The van der Waals surface area contributed by atoms with Crippen LogP contribution in [0.15, 0.2) is 0 Å². The maximum Gasteiger partial charge on any atom is 0.408 e. The van der Waals surface area contributed by atoms with E-state index in [1.54, 1.807) is 20.8 Å². The highest BCUT2D eigenvalue weighted by Crippen LogP contribution is 2.07.